The highest BCUT2D eigenvalue weighted by Gasteiger charge is 2.24. The maximum Gasteiger partial charge on any atom is 0.257 e. The van der Waals surface area contributed by atoms with Gasteiger partial charge in [-0.25, -0.2) is 0 Å². The van der Waals surface area contributed by atoms with Crippen LogP contribution in [0, 0.1) is 5.92 Å². The van der Waals surface area contributed by atoms with Crippen molar-refractivity contribution in [3.05, 3.63) is 84.1 Å². The second-order valence-electron chi connectivity index (χ2n) is 7.25. The first-order valence-electron chi connectivity index (χ1n) is 9.70. The van der Waals surface area contributed by atoms with Gasteiger partial charge in [0.2, 0.25) is 0 Å². The topological polar surface area (TPSA) is 55.6 Å². The highest BCUT2D eigenvalue weighted by molar-refractivity contribution is 5.93. The SMILES string of the molecule is O=C(c1ccoc1)N1CCC(Cc2ccc(COc3cccnc3)cc2)CC1. The minimum atomic E-state index is 0.0742. The molecule has 3 aromatic rings. The van der Waals surface area contributed by atoms with Crippen molar-refractivity contribution in [2.24, 2.45) is 5.92 Å². The molecule has 0 bridgehead atoms. The van der Waals surface area contributed by atoms with E-state index in [9.17, 15) is 4.79 Å². The maximum atomic E-state index is 12.4. The molecule has 2 aromatic heterocycles. The molecule has 1 saturated heterocycles. The number of likely N-dealkylation sites (tertiary alicyclic amines) is 1. The standard InChI is InChI=1S/C23H24N2O3/c26-23(21-9-13-27-17-21)25-11-7-19(8-12-25)14-18-3-5-20(6-4-18)16-28-22-2-1-10-24-15-22/h1-6,9-10,13,15,17,19H,7-8,11-12,14,16H2. The van der Waals surface area contributed by atoms with E-state index in [4.69, 9.17) is 9.15 Å². The van der Waals surface area contributed by atoms with Gasteiger partial charge in [-0.1, -0.05) is 24.3 Å². The lowest BCUT2D eigenvalue weighted by molar-refractivity contribution is 0.0690. The van der Waals surface area contributed by atoms with Crippen LogP contribution in [0.15, 0.2) is 71.8 Å². The number of carbonyl (C=O) groups excluding carboxylic acids is 1. The lowest BCUT2D eigenvalue weighted by Crippen LogP contribution is -2.38. The molecule has 0 N–H and O–H groups in total. The predicted octanol–water partition coefficient (Wildman–Crippen LogP) is 4.35. The van der Waals surface area contributed by atoms with Crippen molar-refractivity contribution in [2.75, 3.05) is 13.1 Å². The number of nitrogens with zero attached hydrogens (tertiary/aromatic N) is 2. The van der Waals surface area contributed by atoms with Gasteiger partial charge in [0.1, 0.15) is 18.6 Å². The molecule has 1 aliphatic heterocycles. The molecule has 0 spiro atoms. The van der Waals surface area contributed by atoms with E-state index in [0.717, 1.165) is 43.7 Å². The molecule has 1 fully saturated rings. The summed E-state index contributed by atoms with van der Waals surface area (Å²) in [5, 5.41) is 0. The Morgan fingerprint density at radius 3 is 2.57 bits per heavy atom. The van der Waals surface area contributed by atoms with Crippen LogP contribution in [0.5, 0.6) is 5.75 Å². The zero-order valence-electron chi connectivity index (χ0n) is 15.8. The average molecular weight is 376 g/mol. The van der Waals surface area contributed by atoms with Gasteiger partial charge in [-0.05, 0) is 54.5 Å². The largest absolute Gasteiger partial charge is 0.487 e. The van der Waals surface area contributed by atoms with Crippen LogP contribution in [0.25, 0.3) is 0 Å². The lowest BCUT2D eigenvalue weighted by Gasteiger charge is -2.31. The molecule has 0 radical (unpaired) electrons. The summed E-state index contributed by atoms with van der Waals surface area (Å²) < 4.78 is 10.8. The van der Waals surface area contributed by atoms with Crippen molar-refractivity contribution >= 4 is 5.91 Å². The van der Waals surface area contributed by atoms with E-state index in [1.54, 1.807) is 24.7 Å². The van der Waals surface area contributed by atoms with Gasteiger partial charge in [-0.15, -0.1) is 0 Å². The number of ether oxygens (including phenoxy) is 1. The number of amides is 1. The summed E-state index contributed by atoms with van der Waals surface area (Å²) in [5.74, 6) is 1.47. The molecular weight excluding hydrogens is 352 g/mol. The lowest BCUT2D eigenvalue weighted by atomic mass is 9.90. The quantitative estimate of drug-likeness (QED) is 0.642. The van der Waals surface area contributed by atoms with Gasteiger partial charge < -0.3 is 14.1 Å². The van der Waals surface area contributed by atoms with Crippen LogP contribution in [0.3, 0.4) is 0 Å². The van der Waals surface area contributed by atoms with Gasteiger partial charge in [-0.3, -0.25) is 9.78 Å². The molecule has 0 saturated carbocycles. The molecule has 0 aliphatic carbocycles. The van der Waals surface area contributed by atoms with E-state index >= 15 is 0 Å². The molecule has 1 amide bonds. The highest BCUT2D eigenvalue weighted by Crippen LogP contribution is 2.23. The number of hydrogen-bond donors (Lipinski definition) is 0. The average Bonchev–Trinajstić information content (AvgIpc) is 3.29. The Labute approximate surface area is 165 Å². The fourth-order valence-corrected chi connectivity index (χ4v) is 3.61. The van der Waals surface area contributed by atoms with Crippen LogP contribution in [-0.4, -0.2) is 28.9 Å². The van der Waals surface area contributed by atoms with Crippen LogP contribution in [0.2, 0.25) is 0 Å². The van der Waals surface area contributed by atoms with Gasteiger partial charge >= 0.3 is 0 Å². The number of hydrogen-bond acceptors (Lipinski definition) is 4. The molecule has 5 heteroatoms. The monoisotopic (exact) mass is 376 g/mol. The van der Waals surface area contributed by atoms with Crippen LogP contribution < -0.4 is 4.74 Å². The summed E-state index contributed by atoms with van der Waals surface area (Å²) in [6.07, 6.45) is 9.65. The first-order chi connectivity index (χ1) is 13.8. The van der Waals surface area contributed by atoms with Crippen LogP contribution in [0.1, 0.15) is 34.3 Å². The third-order valence-electron chi connectivity index (χ3n) is 5.26. The van der Waals surface area contributed by atoms with E-state index in [-0.39, 0.29) is 5.91 Å². The Morgan fingerprint density at radius 1 is 1.11 bits per heavy atom. The van der Waals surface area contributed by atoms with Crippen molar-refractivity contribution in [3.63, 3.8) is 0 Å². The van der Waals surface area contributed by atoms with E-state index in [1.165, 1.54) is 11.8 Å². The normalized spacial score (nSPS) is 14.8. The Kier molecular flexibility index (Phi) is 5.71. The first-order valence-corrected chi connectivity index (χ1v) is 9.70. The van der Waals surface area contributed by atoms with E-state index < -0.39 is 0 Å². The second-order valence-corrected chi connectivity index (χ2v) is 7.25. The highest BCUT2D eigenvalue weighted by atomic mass is 16.5. The molecule has 0 unspecified atom stereocenters. The van der Waals surface area contributed by atoms with Gasteiger partial charge in [-0.2, -0.15) is 0 Å². The smallest absolute Gasteiger partial charge is 0.257 e. The molecule has 144 valence electrons. The maximum absolute atomic E-state index is 12.4. The third kappa shape index (κ3) is 4.60. The first kappa shape index (κ1) is 18.3. The number of pyridine rings is 1. The molecule has 3 heterocycles. The number of furan rings is 1. The van der Waals surface area contributed by atoms with Gasteiger partial charge in [0.15, 0.2) is 0 Å². The molecule has 1 aliphatic rings. The van der Waals surface area contributed by atoms with Gasteiger partial charge in [0, 0.05) is 19.3 Å². The Hall–Kier alpha value is -3.08. The molecule has 1 aromatic carbocycles. The fraction of sp³-hybridized carbons (Fsp3) is 0.304. The summed E-state index contributed by atoms with van der Waals surface area (Å²) in [6, 6.07) is 14.1. The van der Waals surface area contributed by atoms with Crippen molar-refractivity contribution < 1.29 is 13.9 Å². The fourth-order valence-electron chi connectivity index (χ4n) is 3.61. The van der Waals surface area contributed by atoms with Crippen molar-refractivity contribution in [3.8, 4) is 5.75 Å². The van der Waals surface area contributed by atoms with E-state index in [1.807, 2.05) is 17.0 Å². The summed E-state index contributed by atoms with van der Waals surface area (Å²) >= 11 is 0. The molecule has 5 nitrogen and oxygen atoms in total. The molecule has 28 heavy (non-hydrogen) atoms. The Morgan fingerprint density at radius 2 is 1.89 bits per heavy atom. The van der Waals surface area contributed by atoms with Crippen molar-refractivity contribution in [1.82, 2.24) is 9.88 Å². The zero-order chi connectivity index (χ0) is 19.2. The minimum Gasteiger partial charge on any atom is -0.487 e. The Balaban J connectivity index is 1.24. The van der Waals surface area contributed by atoms with Crippen LogP contribution in [-0.2, 0) is 13.0 Å². The number of aromatic nitrogens is 1. The summed E-state index contributed by atoms with van der Waals surface area (Å²) in [5.41, 5.74) is 3.13. The van der Waals surface area contributed by atoms with Crippen molar-refractivity contribution in [1.29, 1.82) is 0 Å². The Bertz CT molecular complexity index is 868. The summed E-state index contributed by atoms with van der Waals surface area (Å²) in [6.45, 7) is 2.16. The molecule has 4 rings (SSSR count). The summed E-state index contributed by atoms with van der Waals surface area (Å²) in [7, 11) is 0. The number of rotatable bonds is 6. The van der Waals surface area contributed by atoms with E-state index in [2.05, 4.69) is 29.2 Å². The van der Waals surface area contributed by atoms with E-state index in [0.29, 0.717) is 18.1 Å². The van der Waals surface area contributed by atoms with Gasteiger partial charge in [0.05, 0.1) is 18.0 Å². The minimum absolute atomic E-state index is 0.0742. The van der Waals surface area contributed by atoms with Crippen LogP contribution in [0.4, 0.5) is 0 Å². The second kappa shape index (κ2) is 8.74. The molecule has 0 atom stereocenters. The van der Waals surface area contributed by atoms with Gasteiger partial charge in [0.25, 0.3) is 5.91 Å². The number of piperidine rings is 1. The third-order valence-corrected chi connectivity index (χ3v) is 5.26. The predicted molar refractivity (Wildman–Crippen MR) is 106 cm³/mol. The van der Waals surface area contributed by atoms with Crippen molar-refractivity contribution in [2.45, 2.75) is 25.9 Å². The molecular formula is C23H24N2O3. The zero-order valence-corrected chi connectivity index (χ0v) is 15.8. The van der Waals surface area contributed by atoms with Crippen LogP contribution >= 0.6 is 0 Å². The summed E-state index contributed by atoms with van der Waals surface area (Å²) in [4.78, 5) is 18.4. The number of carbonyl (C=O) groups is 1. The number of benzene rings is 1.